The maximum Gasteiger partial charge on any atom is 0.160 e. The predicted octanol–water partition coefficient (Wildman–Crippen LogP) is 11.6. The quantitative estimate of drug-likeness (QED) is 0.198. The van der Waals surface area contributed by atoms with Crippen LogP contribution in [0, 0.1) is 0 Å². The largest absolute Gasteiger partial charge is 0.456 e. The summed E-state index contributed by atoms with van der Waals surface area (Å²) in [6.45, 7) is 0. The fourth-order valence-corrected chi connectivity index (χ4v) is 7.05. The highest BCUT2D eigenvalue weighted by Crippen LogP contribution is 2.40. The fourth-order valence-electron chi connectivity index (χ4n) is 7.05. The molecule has 10 rings (SSSR count). The maximum absolute atomic E-state index is 6.37. The molecule has 0 fully saturated rings. The van der Waals surface area contributed by atoms with Gasteiger partial charge in [-0.2, -0.15) is 0 Å². The monoisotopic (exact) mass is 613 g/mol. The van der Waals surface area contributed by atoms with Crippen LogP contribution in [0.15, 0.2) is 168 Å². The number of rotatable bonds is 4. The Hall–Kier alpha value is -6.52. The van der Waals surface area contributed by atoms with Crippen molar-refractivity contribution in [3.63, 3.8) is 0 Å². The Balaban J connectivity index is 1.17. The number of aromatic nitrogens is 3. The zero-order valence-electron chi connectivity index (χ0n) is 25.8. The van der Waals surface area contributed by atoms with Crippen molar-refractivity contribution >= 4 is 54.5 Å². The van der Waals surface area contributed by atoms with Crippen LogP contribution >= 0.6 is 0 Å². The van der Waals surface area contributed by atoms with Crippen LogP contribution in [-0.2, 0) is 0 Å². The van der Waals surface area contributed by atoms with Crippen LogP contribution in [-0.4, -0.2) is 14.5 Å². The topological polar surface area (TPSA) is 43.9 Å². The molecule has 0 atom stereocenters. The number of fused-ring (bicyclic) bond motifs is 7. The first-order valence-electron chi connectivity index (χ1n) is 16.2. The Kier molecular flexibility index (Phi) is 5.84. The third kappa shape index (κ3) is 4.24. The molecule has 0 radical (unpaired) electrons. The predicted molar refractivity (Wildman–Crippen MR) is 197 cm³/mol. The molecular weight excluding hydrogens is 587 g/mol. The molecule has 48 heavy (non-hydrogen) atoms. The van der Waals surface area contributed by atoms with Crippen molar-refractivity contribution in [3.05, 3.63) is 164 Å². The Morgan fingerprint density at radius 1 is 0.396 bits per heavy atom. The summed E-state index contributed by atoms with van der Waals surface area (Å²) in [5.74, 6) is 0.693. The van der Waals surface area contributed by atoms with E-state index in [0.717, 1.165) is 66.7 Å². The van der Waals surface area contributed by atoms with Gasteiger partial charge in [0.15, 0.2) is 5.82 Å². The summed E-state index contributed by atoms with van der Waals surface area (Å²) in [6.07, 6.45) is 0. The molecule has 3 heterocycles. The number of hydrogen-bond acceptors (Lipinski definition) is 3. The molecule has 0 aliphatic carbocycles. The third-order valence-electron chi connectivity index (χ3n) is 9.38. The average Bonchev–Trinajstić information content (AvgIpc) is 3.67. The van der Waals surface area contributed by atoms with Crippen LogP contribution in [0.4, 0.5) is 0 Å². The number of benzene rings is 7. The second-order valence-corrected chi connectivity index (χ2v) is 12.3. The number of para-hydroxylation sites is 1. The van der Waals surface area contributed by atoms with Gasteiger partial charge in [-0.15, -0.1) is 0 Å². The zero-order chi connectivity index (χ0) is 31.6. The lowest BCUT2D eigenvalue weighted by Gasteiger charge is -2.11. The van der Waals surface area contributed by atoms with Crippen molar-refractivity contribution in [1.29, 1.82) is 0 Å². The Labute approximate surface area is 276 Å². The first-order valence-corrected chi connectivity index (χ1v) is 16.2. The van der Waals surface area contributed by atoms with Crippen molar-refractivity contribution in [2.24, 2.45) is 0 Å². The lowest BCUT2D eigenvalue weighted by molar-refractivity contribution is 0.669. The van der Waals surface area contributed by atoms with Crippen LogP contribution in [0.5, 0.6) is 0 Å². The van der Waals surface area contributed by atoms with E-state index in [1.54, 1.807) is 0 Å². The first-order chi connectivity index (χ1) is 23.8. The Morgan fingerprint density at radius 2 is 0.979 bits per heavy atom. The minimum Gasteiger partial charge on any atom is -0.456 e. The molecule has 0 aliphatic heterocycles. The van der Waals surface area contributed by atoms with Gasteiger partial charge in [-0.3, -0.25) is 0 Å². The summed E-state index contributed by atoms with van der Waals surface area (Å²) in [4.78, 5) is 10.1. The molecule has 7 aromatic carbocycles. The number of nitrogens with zero attached hydrogens (tertiary/aromatic N) is 3. The van der Waals surface area contributed by atoms with E-state index >= 15 is 0 Å². The summed E-state index contributed by atoms with van der Waals surface area (Å²) in [6, 6.07) is 57.2. The highest BCUT2D eigenvalue weighted by Gasteiger charge is 2.18. The Morgan fingerprint density at radius 3 is 1.69 bits per heavy atom. The number of furan rings is 1. The summed E-state index contributed by atoms with van der Waals surface area (Å²) in [7, 11) is 0. The van der Waals surface area contributed by atoms with Crippen molar-refractivity contribution < 1.29 is 4.42 Å². The van der Waals surface area contributed by atoms with E-state index in [1.165, 1.54) is 21.5 Å². The van der Waals surface area contributed by atoms with E-state index in [4.69, 9.17) is 14.4 Å². The molecule has 3 aromatic heterocycles. The van der Waals surface area contributed by atoms with Gasteiger partial charge in [0.05, 0.1) is 22.4 Å². The minimum atomic E-state index is 0.693. The summed E-state index contributed by atoms with van der Waals surface area (Å²) >= 11 is 0. The highest BCUT2D eigenvalue weighted by molar-refractivity contribution is 6.19. The van der Waals surface area contributed by atoms with Gasteiger partial charge in [0.1, 0.15) is 11.2 Å². The van der Waals surface area contributed by atoms with Crippen molar-refractivity contribution in [1.82, 2.24) is 14.5 Å². The van der Waals surface area contributed by atoms with Gasteiger partial charge in [-0.25, -0.2) is 9.97 Å². The maximum atomic E-state index is 6.37. The molecule has 0 amide bonds. The second-order valence-electron chi connectivity index (χ2n) is 12.3. The van der Waals surface area contributed by atoms with Crippen molar-refractivity contribution in [2.75, 3.05) is 0 Å². The summed E-state index contributed by atoms with van der Waals surface area (Å²) in [5, 5.41) is 7.11. The molecule has 0 spiro atoms. The molecule has 10 aromatic rings. The van der Waals surface area contributed by atoms with E-state index < -0.39 is 0 Å². The van der Waals surface area contributed by atoms with E-state index in [2.05, 4.69) is 120 Å². The molecule has 4 heteroatoms. The van der Waals surface area contributed by atoms with E-state index in [-0.39, 0.29) is 0 Å². The molecule has 224 valence electrons. The SMILES string of the molecule is c1ccc(-c2cc(-c3ccccc3)nc(-c3ccc(-n4c5cc6ccccc6cc5c5cc6c(cc54)oc4ccccc46)cc3)n2)cc1. The summed E-state index contributed by atoms with van der Waals surface area (Å²) < 4.78 is 8.72. The van der Waals surface area contributed by atoms with Crippen LogP contribution < -0.4 is 0 Å². The lowest BCUT2D eigenvalue weighted by Crippen LogP contribution is -1.97. The van der Waals surface area contributed by atoms with Crippen molar-refractivity contribution in [3.8, 4) is 39.6 Å². The third-order valence-corrected chi connectivity index (χ3v) is 9.38. The van der Waals surface area contributed by atoms with E-state index in [1.807, 2.05) is 48.5 Å². The lowest BCUT2D eigenvalue weighted by atomic mass is 10.0. The molecule has 0 saturated heterocycles. The molecular formula is C44H27N3O. The highest BCUT2D eigenvalue weighted by atomic mass is 16.3. The Bertz CT molecular complexity index is 2760. The molecule has 4 nitrogen and oxygen atoms in total. The molecule has 0 bridgehead atoms. The van der Waals surface area contributed by atoms with E-state index in [0.29, 0.717) is 5.82 Å². The second kappa shape index (κ2) is 10.5. The van der Waals surface area contributed by atoms with Crippen LogP contribution in [0.1, 0.15) is 0 Å². The van der Waals surface area contributed by atoms with Crippen molar-refractivity contribution in [2.45, 2.75) is 0 Å². The standard InChI is InChI=1S/C44H27N3O/c1-3-11-28(12-4-1)38-26-39(29-13-5-2-6-14-29)46-44(45-38)30-19-21-33(22-20-30)47-40-24-32-16-8-7-15-31(32)23-35(40)36-25-37-34-17-9-10-18-42(34)48-43(37)27-41(36)47/h1-27H. The zero-order valence-corrected chi connectivity index (χ0v) is 25.8. The molecule has 0 unspecified atom stereocenters. The normalized spacial score (nSPS) is 11.8. The smallest absolute Gasteiger partial charge is 0.160 e. The van der Waals surface area contributed by atoms with Gasteiger partial charge in [0.25, 0.3) is 0 Å². The minimum absolute atomic E-state index is 0.693. The molecule has 0 N–H and O–H groups in total. The van der Waals surface area contributed by atoms with Crippen LogP contribution in [0.25, 0.3) is 94.1 Å². The average molecular weight is 614 g/mol. The van der Waals surface area contributed by atoms with Gasteiger partial charge in [-0.1, -0.05) is 103 Å². The molecule has 0 saturated carbocycles. The fraction of sp³-hybridized carbons (Fsp3) is 0. The summed E-state index contributed by atoms with van der Waals surface area (Å²) in [5.41, 5.74) is 9.97. The van der Waals surface area contributed by atoms with Gasteiger partial charge in [0.2, 0.25) is 0 Å². The van der Waals surface area contributed by atoms with Gasteiger partial charge in [-0.05, 0) is 65.4 Å². The number of hydrogen-bond donors (Lipinski definition) is 0. The van der Waals surface area contributed by atoms with Crippen LogP contribution in [0.3, 0.4) is 0 Å². The molecule has 0 aliphatic rings. The van der Waals surface area contributed by atoms with E-state index in [9.17, 15) is 0 Å². The van der Waals surface area contributed by atoms with Crippen LogP contribution in [0.2, 0.25) is 0 Å². The van der Waals surface area contributed by atoms with Gasteiger partial charge in [0, 0.05) is 50.0 Å². The first kappa shape index (κ1) is 26.7. The van der Waals surface area contributed by atoms with Gasteiger partial charge >= 0.3 is 0 Å². The van der Waals surface area contributed by atoms with Gasteiger partial charge < -0.3 is 8.98 Å².